The first kappa shape index (κ1) is 19.9. The molecule has 0 radical (unpaired) electrons. The highest BCUT2D eigenvalue weighted by Crippen LogP contribution is 2.34. The first-order chi connectivity index (χ1) is 14.5. The number of rotatable bonds is 5. The van der Waals surface area contributed by atoms with Gasteiger partial charge in [-0.05, 0) is 37.6 Å². The van der Waals surface area contributed by atoms with Crippen LogP contribution in [0, 0.1) is 12.8 Å². The Labute approximate surface area is 175 Å². The Morgan fingerprint density at radius 1 is 1.07 bits per heavy atom. The van der Waals surface area contributed by atoms with Crippen molar-refractivity contribution in [2.45, 2.75) is 26.2 Å². The van der Waals surface area contributed by atoms with E-state index in [4.69, 9.17) is 4.74 Å². The number of nitrogens with one attached hydrogen (secondary N) is 1. The molecular weight excluding hydrogens is 382 g/mol. The van der Waals surface area contributed by atoms with Crippen LogP contribution in [0.15, 0.2) is 42.5 Å². The largest absolute Gasteiger partial charge is 0.494 e. The monoisotopic (exact) mass is 407 g/mol. The third kappa shape index (κ3) is 3.87. The molecular formula is C23H25N3O4. The molecule has 2 saturated heterocycles. The molecule has 2 aromatic carbocycles. The van der Waals surface area contributed by atoms with Crippen LogP contribution < -0.4 is 19.9 Å². The summed E-state index contributed by atoms with van der Waals surface area (Å²) in [6.45, 7) is 3.01. The fourth-order valence-corrected chi connectivity index (χ4v) is 3.98. The van der Waals surface area contributed by atoms with Gasteiger partial charge in [-0.3, -0.25) is 14.4 Å². The predicted molar refractivity (Wildman–Crippen MR) is 115 cm³/mol. The molecule has 2 aromatic rings. The first-order valence-corrected chi connectivity index (χ1v) is 10.1. The summed E-state index contributed by atoms with van der Waals surface area (Å²) in [4.78, 5) is 40.6. The summed E-state index contributed by atoms with van der Waals surface area (Å²) in [6, 6.07) is 13.0. The lowest BCUT2D eigenvalue weighted by atomic mass is 10.1. The first-order valence-electron chi connectivity index (χ1n) is 10.1. The number of anilines is 3. The molecule has 3 amide bonds. The van der Waals surface area contributed by atoms with Gasteiger partial charge in [0.15, 0.2) is 0 Å². The molecule has 2 fully saturated rings. The predicted octanol–water partition coefficient (Wildman–Crippen LogP) is 3.12. The second-order valence-corrected chi connectivity index (χ2v) is 7.77. The Kier molecular flexibility index (Phi) is 5.44. The van der Waals surface area contributed by atoms with Gasteiger partial charge in [-0.25, -0.2) is 0 Å². The summed E-state index contributed by atoms with van der Waals surface area (Å²) in [5, 5.41) is 2.89. The smallest absolute Gasteiger partial charge is 0.229 e. The van der Waals surface area contributed by atoms with E-state index < -0.39 is 5.92 Å². The second-order valence-electron chi connectivity index (χ2n) is 7.77. The van der Waals surface area contributed by atoms with Gasteiger partial charge < -0.3 is 19.9 Å². The molecule has 0 aromatic heterocycles. The maximum Gasteiger partial charge on any atom is 0.229 e. The fraction of sp³-hybridized carbons (Fsp3) is 0.348. The van der Waals surface area contributed by atoms with Crippen molar-refractivity contribution in [1.82, 2.24) is 0 Å². The lowest BCUT2D eigenvalue weighted by Gasteiger charge is -2.20. The summed E-state index contributed by atoms with van der Waals surface area (Å²) in [6.07, 6.45) is 1.54. The van der Waals surface area contributed by atoms with E-state index in [0.717, 1.165) is 17.7 Å². The number of hydrogen-bond donors (Lipinski definition) is 1. The number of methoxy groups -OCH3 is 1. The van der Waals surface area contributed by atoms with Gasteiger partial charge >= 0.3 is 0 Å². The van der Waals surface area contributed by atoms with Gasteiger partial charge in [0.2, 0.25) is 17.7 Å². The number of hydrogen-bond acceptors (Lipinski definition) is 4. The normalized spacial score (nSPS) is 18.8. The topological polar surface area (TPSA) is 79.0 Å². The molecule has 2 aliphatic heterocycles. The van der Waals surface area contributed by atoms with E-state index in [0.29, 0.717) is 36.6 Å². The van der Waals surface area contributed by atoms with Crippen molar-refractivity contribution < 1.29 is 19.1 Å². The average molecular weight is 407 g/mol. The lowest BCUT2D eigenvalue weighted by molar-refractivity contribution is -0.122. The van der Waals surface area contributed by atoms with Crippen molar-refractivity contribution >= 4 is 34.8 Å². The van der Waals surface area contributed by atoms with Gasteiger partial charge in [0.05, 0.1) is 18.7 Å². The number of benzene rings is 2. The van der Waals surface area contributed by atoms with Gasteiger partial charge in [0, 0.05) is 43.4 Å². The maximum absolute atomic E-state index is 12.8. The molecule has 7 heteroatoms. The third-order valence-electron chi connectivity index (χ3n) is 5.65. The zero-order valence-corrected chi connectivity index (χ0v) is 17.2. The number of carbonyl (C=O) groups is 3. The van der Waals surface area contributed by atoms with Gasteiger partial charge in [-0.2, -0.15) is 0 Å². The minimum absolute atomic E-state index is 0.0560. The van der Waals surface area contributed by atoms with Crippen molar-refractivity contribution in [1.29, 1.82) is 0 Å². The molecule has 30 heavy (non-hydrogen) atoms. The standard InChI is InChI=1S/C23H25N3O4/c1-15-5-8-18(9-6-15)26-14-16(12-22(26)28)23(29)24-17-7-10-19(20(13-17)30-2)25-11-3-4-21(25)27/h5-10,13,16H,3-4,11-12,14H2,1-2H3,(H,24,29). The molecule has 1 atom stereocenters. The van der Waals surface area contributed by atoms with Crippen LogP contribution in [0.2, 0.25) is 0 Å². The van der Waals surface area contributed by atoms with E-state index in [-0.39, 0.29) is 24.1 Å². The summed E-state index contributed by atoms with van der Waals surface area (Å²) >= 11 is 0. The highest BCUT2D eigenvalue weighted by molar-refractivity contribution is 6.04. The Morgan fingerprint density at radius 2 is 1.83 bits per heavy atom. The summed E-state index contributed by atoms with van der Waals surface area (Å²) in [7, 11) is 1.54. The van der Waals surface area contributed by atoms with Crippen molar-refractivity contribution in [2.24, 2.45) is 5.92 Å². The molecule has 0 saturated carbocycles. The van der Waals surface area contributed by atoms with Gasteiger partial charge in [-0.1, -0.05) is 17.7 Å². The summed E-state index contributed by atoms with van der Waals surface area (Å²) in [5.74, 6) is -0.0771. The zero-order valence-electron chi connectivity index (χ0n) is 17.2. The van der Waals surface area contributed by atoms with Crippen molar-refractivity contribution in [2.75, 3.05) is 35.3 Å². The van der Waals surface area contributed by atoms with Crippen LogP contribution in [0.25, 0.3) is 0 Å². The van der Waals surface area contributed by atoms with E-state index in [2.05, 4.69) is 5.32 Å². The van der Waals surface area contributed by atoms with Crippen LogP contribution in [-0.4, -0.2) is 37.9 Å². The molecule has 2 aliphatic rings. The van der Waals surface area contributed by atoms with Crippen LogP contribution in [0.5, 0.6) is 5.75 Å². The minimum atomic E-state index is -0.426. The maximum atomic E-state index is 12.8. The molecule has 156 valence electrons. The van der Waals surface area contributed by atoms with Crippen LogP contribution >= 0.6 is 0 Å². The number of ether oxygens (including phenoxy) is 1. The fourth-order valence-electron chi connectivity index (χ4n) is 3.98. The highest BCUT2D eigenvalue weighted by atomic mass is 16.5. The van der Waals surface area contributed by atoms with Gasteiger partial charge in [-0.15, -0.1) is 0 Å². The third-order valence-corrected chi connectivity index (χ3v) is 5.65. The highest BCUT2D eigenvalue weighted by Gasteiger charge is 2.35. The van der Waals surface area contributed by atoms with Crippen molar-refractivity contribution in [3.8, 4) is 5.75 Å². The van der Waals surface area contributed by atoms with Crippen LogP contribution in [0.3, 0.4) is 0 Å². The van der Waals surface area contributed by atoms with E-state index in [1.54, 1.807) is 35.1 Å². The summed E-state index contributed by atoms with van der Waals surface area (Å²) < 4.78 is 5.45. The number of aryl methyl sites for hydroxylation is 1. The Hall–Kier alpha value is -3.35. The van der Waals surface area contributed by atoms with Crippen molar-refractivity contribution in [3.05, 3.63) is 48.0 Å². The van der Waals surface area contributed by atoms with Gasteiger partial charge in [0.25, 0.3) is 0 Å². The molecule has 7 nitrogen and oxygen atoms in total. The van der Waals surface area contributed by atoms with E-state index in [9.17, 15) is 14.4 Å². The molecule has 0 aliphatic carbocycles. The molecule has 2 heterocycles. The Bertz CT molecular complexity index is 986. The molecule has 1 unspecified atom stereocenters. The second kappa shape index (κ2) is 8.18. The number of amides is 3. The van der Waals surface area contributed by atoms with Crippen molar-refractivity contribution in [3.63, 3.8) is 0 Å². The lowest BCUT2D eigenvalue weighted by Crippen LogP contribution is -2.28. The Balaban J connectivity index is 1.45. The minimum Gasteiger partial charge on any atom is -0.494 e. The average Bonchev–Trinajstić information content (AvgIpc) is 3.34. The zero-order chi connectivity index (χ0) is 21.3. The van der Waals surface area contributed by atoms with E-state index in [1.807, 2.05) is 31.2 Å². The number of nitrogens with zero attached hydrogens (tertiary/aromatic N) is 2. The van der Waals surface area contributed by atoms with E-state index >= 15 is 0 Å². The number of carbonyl (C=O) groups excluding carboxylic acids is 3. The Morgan fingerprint density at radius 3 is 2.50 bits per heavy atom. The van der Waals surface area contributed by atoms with Crippen LogP contribution in [0.4, 0.5) is 17.1 Å². The van der Waals surface area contributed by atoms with Crippen LogP contribution in [-0.2, 0) is 14.4 Å². The summed E-state index contributed by atoms with van der Waals surface area (Å²) in [5.41, 5.74) is 3.21. The molecule has 1 N–H and O–H groups in total. The van der Waals surface area contributed by atoms with Gasteiger partial charge in [0.1, 0.15) is 5.75 Å². The van der Waals surface area contributed by atoms with E-state index in [1.165, 1.54) is 0 Å². The van der Waals surface area contributed by atoms with Crippen LogP contribution in [0.1, 0.15) is 24.8 Å². The quantitative estimate of drug-likeness (QED) is 0.826. The SMILES string of the molecule is COc1cc(NC(=O)C2CC(=O)N(c3ccc(C)cc3)C2)ccc1N1CCCC1=O. The molecule has 4 rings (SSSR count). The molecule has 0 bridgehead atoms. The molecule has 0 spiro atoms.